The molecule has 0 unspecified atom stereocenters. The Hall–Kier alpha value is -3.50. The second-order valence-corrected chi connectivity index (χ2v) is 7.00. The highest BCUT2D eigenvalue weighted by Crippen LogP contribution is 2.28. The van der Waals surface area contributed by atoms with Crippen LogP contribution >= 0.6 is 23.8 Å². The zero-order valence-electron chi connectivity index (χ0n) is 16.6. The molecule has 160 valence electrons. The third-order valence-corrected chi connectivity index (χ3v) is 4.62. The van der Waals surface area contributed by atoms with E-state index < -0.39 is 5.56 Å². The lowest BCUT2D eigenvalue weighted by atomic mass is 10.2. The number of benzene rings is 2. The average molecular weight is 460 g/mol. The first kappa shape index (κ1) is 22.2. The molecule has 0 aliphatic rings. The summed E-state index contributed by atoms with van der Waals surface area (Å²) in [6.07, 6.45) is 1.45. The molecule has 0 fully saturated rings. The van der Waals surface area contributed by atoms with Crippen molar-refractivity contribution in [1.29, 1.82) is 0 Å². The number of carbonyl (C=O) groups excluding carboxylic acids is 1. The normalized spacial score (nSPS) is 10.8. The largest absolute Gasteiger partial charge is 0.493 e. The van der Waals surface area contributed by atoms with Crippen molar-refractivity contribution in [3.05, 3.63) is 73.9 Å². The van der Waals surface area contributed by atoms with Crippen molar-refractivity contribution in [1.82, 2.24) is 14.9 Å². The molecule has 3 aromatic rings. The maximum absolute atomic E-state index is 12.1. The van der Waals surface area contributed by atoms with Gasteiger partial charge in [0.1, 0.15) is 5.69 Å². The maximum atomic E-state index is 12.1. The van der Waals surface area contributed by atoms with Gasteiger partial charge in [0, 0.05) is 0 Å². The van der Waals surface area contributed by atoms with E-state index in [-0.39, 0.29) is 23.0 Å². The molecule has 11 heteroatoms. The van der Waals surface area contributed by atoms with Crippen molar-refractivity contribution in [2.45, 2.75) is 6.92 Å². The minimum Gasteiger partial charge on any atom is -0.493 e. The van der Waals surface area contributed by atoms with Crippen LogP contribution in [0.4, 0.5) is 5.69 Å². The fraction of sp³-hybridized carbons (Fsp3) is 0.150. The number of methoxy groups -OCH3 is 1. The van der Waals surface area contributed by atoms with E-state index in [1.54, 1.807) is 49.4 Å². The minimum absolute atomic E-state index is 0.0725. The van der Waals surface area contributed by atoms with Gasteiger partial charge >= 0.3 is 0 Å². The van der Waals surface area contributed by atoms with Crippen LogP contribution < -0.4 is 20.3 Å². The lowest BCUT2D eigenvalue weighted by Gasteiger charge is -2.12. The van der Waals surface area contributed by atoms with Crippen LogP contribution in [-0.4, -0.2) is 40.7 Å². The van der Waals surface area contributed by atoms with Crippen molar-refractivity contribution >= 4 is 41.6 Å². The number of nitrogens with zero attached hydrogens (tertiary/aromatic N) is 3. The fourth-order valence-electron chi connectivity index (χ4n) is 2.48. The van der Waals surface area contributed by atoms with Crippen molar-refractivity contribution in [2.75, 3.05) is 19.0 Å². The number of rotatable bonds is 7. The second kappa shape index (κ2) is 10.0. The first-order chi connectivity index (χ1) is 14.9. The van der Waals surface area contributed by atoms with Crippen LogP contribution in [0.3, 0.4) is 0 Å². The number of carbonyl (C=O) groups is 1. The second-order valence-electron chi connectivity index (χ2n) is 6.20. The Morgan fingerprint density at radius 2 is 2.10 bits per heavy atom. The lowest BCUT2D eigenvalue weighted by Crippen LogP contribution is -2.22. The molecule has 3 rings (SSSR count). The van der Waals surface area contributed by atoms with Crippen molar-refractivity contribution < 1.29 is 14.3 Å². The maximum Gasteiger partial charge on any atom is 0.296 e. The molecule has 0 bridgehead atoms. The summed E-state index contributed by atoms with van der Waals surface area (Å²) in [6, 6.07) is 11.9. The minimum atomic E-state index is -0.420. The van der Waals surface area contributed by atoms with E-state index in [2.05, 4.69) is 20.6 Å². The molecule has 1 amide bonds. The Morgan fingerprint density at radius 1 is 1.32 bits per heavy atom. The number of nitrogens with one attached hydrogen (secondary N) is 2. The van der Waals surface area contributed by atoms with Gasteiger partial charge in [-0.3, -0.25) is 14.7 Å². The van der Waals surface area contributed by atoms with E-state index in [1.165, 1.54) is 13.3 Å². The van der Waals surface area contributed by atoms with Crippen LogP contribution in [0, 0.1) is 11.7 Å². The van der Waals surface area contributed by atoms with Gasteiger partial charge in [-0.1, -0.05) is 23.7 Å². The lowest BCUT2D eigenvalue weighted by molar-refractivity contribution is -0.118. The van der Waals surface area contributed by atoms with E-state index in [0.717, 1.165) is 4.68 Å². The van der Waals surface area contributed by atoms with Crippen LogP contribution in [0.5, 0.6) is 11.5 Å². The fourth-order valence-corrected chi connectivity index (χ4v) is 2.84. The monoisotopic (exact) mass is 459 g/mol. The van der Waals surface area contributed by atoms with E-state index in [9.17, 15) is 9.59 Å². The highest BCUT2D eigenvalue weighted by molar-refractivity contribution is 7.71. The van der Waals surface area contributed by atoms with Crippen LogP contribution in [0.25, 0.3) is 0 Å². The van der Waals surface area contributed by atoms with Gasteiger partial charge in [-0.25, -0.2) is 0 Å². The van der Waals surface area contributed by atoms with Gasteiger partial charge in [-0.2, -0.15) is 14.9 Å². The van der Waals surface area contributed by atoms with Crippen LogP contribution in [-0.2, 0) is 4.79 Å². The van der Waals surface area contributed by atoms with Crippen molar-refractivity contribution in [2.24, 2.45) is 5.10 Å². The SMILES string of the molecule is COc1cc(/C=N/n2c(=S)[nH]nc(C)c2=O)ccc1OCC(=O)Nc1ccccc1Cl. The topological polar surface area (TPSA) is 111 Å². The molecule has 2 N–H and O–H groups in total. The molecule has 31 heavy (non-hydrogen) atoms. The summed E-state index contributed by atoms with van der Waals surface area (Å²) in [7, 11) is 1.47. The molecule has 0 saturated carbocycles. The van der Waals surface area contributed by atoms with Gasteiger partial charge in [-0.15, -0.1) is 0 Å². The third kappa shape index (κ3) is 5.56. The summed E-state index contributed by atoms with van der Waals surface area (Å²) in [6.45, 7) is 1.31. The number of aryl methyl sites for hydroxylation is 1. The molecule has 0 aliphatic carbocycles. The summed E-state index contributed by atoms with van der Waals surface area (Å²) in [5.74, 6) is 0.378. The molecule has 0 radical (unpaired) electrons. The van der Waals surface area contributed by atoms with Crippen LogP contribution in [0.15, 0.2) is 52.4 Å². The van der Waals surface area contributed by atoms with E-state index in [1.807, 2.05) is 0 Å². The number of para-hydroxylation sites is 1. The van der Waals surface area contributed by atoms with Crippen LogP contribution in [0.2, 0.25) is 5.02 Å². The molecular formula is C20H18ClN5O4S. The zero-order chi connectivity index (χ0) is 22.4. The van der Waals surface area contributed by atoms with Gasteiger partial charge in [0.2, 0.25) is 4.77 Å². The van der Waals surface area contributed by atoms with E-state index in [4.69, 9.17) is 33.3 Å². The third-order valence-electron chi connectivity index (χ3n) is 4.03. The Bertz CT molecular complexity index is 1250. The van der Waals surface area contributed by atoms with Crippen molar-refractivity contribution in [3.63, 3.8) is 0 Å². The van der Waals surface area contributed by atoms with Crippen LogP contribution in [0.1, 0.15) is 11.3 Å². The summed E-state index contributed by atoms with van der Waals surface area (Å²) in [5, 5.41) is 13.5. The molecule has 2 aromatic carbocycles. The van der Waals surface area contributed by atoms with Gasteiger partial charge in [-0.05, 0) is 55.0 Å². The Labute approximate surface area is 187 Å². The predicted molar refractivity (Wildman–Crippen MR) is 120 cm³/mol. The molecular weight excluding hydrogens is 442 g/mol. The number of hydrogen-bond donors (Lipinski definition) is 2. The molecule has 0 saturated heterocycles. The number of ether oxygens (including phenoxy) is 2. The highest BCUT2D eigenvalue weighted by Gasteiger charge is 2.10. The standard InChI is InChI=1S/C20H18ClN5O4S/c1-12-19(28)26(20(31)25-24-12)22-10-13-7-8-16(17(9-13)29-2)30-11-18(27)23-15-6-4-3-5-14(15)21/h3-10H,11H2,1-2H3,(H,23,27)(H,25,31)/b22-10+. The van der Waals surface area contributed by atoms with Gasteiger partial charge in [0.05, 0.1) is 24.0 Å². The van der Waals surface area contributed by atoms with E-state index in [0.29, 0.717) is 27.8 Å². The summed E-state index contributed by atoms with van der Waals surface area (Å²) < 4.78 is 12.0. The highest BCUT2D eigenvalue weighted by atomic mass is 35.5. The average Bonchev–Trinajstić information content (AvgIpc) is 2.77. The molecule has 1 aromatic heterocycles. The van der Waals surface area contributed by atoms with Gasteiger partial charge < -0.3 is 14.8 Å². The van der Waals surface area contributed by atoms with Crippen molar-refractivity contribution in [3.8, 4) is 11.5 Å². The first-order valence-electron chi connectivity index (χ1n) is 8.97. The van der Waals surface area contributed by atoms with Gasteiger partial charge in [0.25, 0.3) is 11.5 Å². The molecule has 9 nitrogen and oxygen atoms in total. The Morgan fingerprint density at radius 3 is 2.84 bits per heavy atom. The summed E-state index contributed by atoms with van der Waals surface area (Å²) in [4.78, 5) is 24.2. The number of anilines is 1. The number of amides is 1. The number of halogens is 1. The predicted octanol–water partition coefficient (Wildman–Crippen LogP) is 3.17. The molecule has 0 aliphatic heterocycles. The van der Waals surface area contributed by atoms with Gasteiger partial charge in [0.15, 0.2) is 18.1 Å². The molecule has 0 atom stereocenters. The Kier molecular flexibility index (Phi) is 7.16. The summed E-state index contributed by atoms with van der Waals surface area (Å²) >= 11 is 11.1. The number of aromatic amines is 1. The van der Waals surface area contributed by atoms with E-state index >= 15 is 0 Å². The smallest absolute Gasteiger partial charge is 0.296 e. The number of hydrogen-bond acceptors (Lipinski definition) is 7. The number of aromatic nitrogens is 3. The quantitative estimate of drug-likeness (QED) is 0.414. The zero-order valence-corrected chi connectivity index (χ0v) is 18.2. The Balaban J connectivity index is 1.71. The molecule has 1 heterocycles. The summed E-state index contributed by atoms with van der Waals surface area (Å²) in [5.41, 5.74) is 0.940. The number of H-pyrrole nitrogens is 1. The molecule has 0 spiro atoms. The first-order valence-corrected chi connectivity index (χ1v) is 9.75.